The number of carbonyl (C=O) groups is 1. The monoisotopic (exact) mass is 184 g/mol. The smallest absolute Gasteiger partial charge is 0.333 e. The molecule has 0 radical (unpaired) electrons. The lowest BCUT2D eigenvalue weighted by atomic mass is 9.88. The zero-order valence-electron chi connectivity index (χ0n) is 9.47. The summed E-state index contributed by atoms with van der Waals surface area (Å²) < 4.78 is 4.70. The molecule has 0 aromatic rings. The molecule has 2 heteroatoms. The number of rotatable bonds is 3. The first-order valence-electron chi connectivity index (χ1n) is 4.70. The molecule has 0 bridgehead atoms. The molecule has 13 heavy (non-hydrogen) atoms. The van der Waals surface area contributed by atoms with Crippen LogP contribution >= 0.6 is 0 Å². The molecular weight excluding hydrogens is 164 g/mol. The Hall–Kier alpha value is -0.790. The van der Waals surface area contributed by atoms with Crippen LogP contribution in [0.25, 0.3) is 0 Å². The normalized spacial score (nSPS) is 10.5. The van der Waals surface area contributed by atoms with Gasteiger partial charge in [-0.15, -0.1) is 0 Å². The van der Waals surface area contributed by atoms with Gasteiger partial charge in [-0.2, -0.15) is 0 Å². The topological polar surface area (TPSA) is 26.3 Å². The van der Waals surface area contributed by atoms with Crippen LogP contribution in [0.2, 0.25) is 0 Å². The molecule has 0 fully saturated rings. The third-order valence-corrected chi connectivity index (χ3v) is 2.17. The van der Waals surface area contributed by atoms with Gasteiger partial charge in [0.2, 0.25) is 0 Å². The fourth-order valence-corrected chi connectivity index (χ4v) is 1.80. The van der Waals surface area contributed by atoms with Crippen molar-refractivity contribution >= 4 is 5.97 Å². The molecule has 0 saturated heterocycles. The van der Waals surface area contributed by atoms with E-state index in [-0.39, 0.29) is 5.97 Å². The maximum atomic E-state index is 11.3. The average Bonchev–Trinajstić information content (AvgIpc) is 2.01. The van der Waals surface area contributed by atoms with E-state index in [1.165, 1.54) is 12.7 Å². The van der Waals surface area contributed by atoms with Crippen LogP contribution in [-0.2, 0) is 9.53 Å². The van der Waals surface area contributed by atoms with Crippen molar-refractivity contribution in [3.63, 3.8) is 0 Å². The Morgan fingerprint density at radius 2 is 1.46 bits per heavy atom. The molecule has 0 amide bonds. The number of methoxy groups -OCH3 is 1. The van der Waals surface area contributed by atoms with E-state index in [0.717, 1.165) is 5.57 Å². The molecule has 0 aliphatic carbocycles. The van der Waals surface area contributed by atoms with E-state index >= 15 is 0 Å². The second-order valence-electron chi connectivity index (χ2n) is 3.88. The van der Waals surface area contributed by atoms with Crippen molar-refractivity contribution in [1.29, 1.82) is 0 Å². The van der Waals surface area contributed by atoms with Gasteiger partial charge in [0.25, 0.3) is 0 Å². The highest BCUT2D eigenvalue weighted by Gasteiger charge is 2.16. The van der Waals surface area contributed by atoms with Crippen molar-refractivity contribution in [3.05, 3.63) is 11.1 Å². The lowest BCUT2D eigenvalue weighted by Crippen LogP contribution is -2.12. The van der Waals surface area contributed by atoms with Gasteiger partial charge in [0, 0.05) is 5.57 Å². The highest BCUT2D eigenvalue weighted by Crippen LogP contribution is 2.23. The Morgan fingerprint density at radius 1 is 1.08 bits per heavy atom. The van der Waals surface area contributed by atoms with E-state index < -0.39 is 0 Å². The minimum Gasteiger partial charge on any atom is -0.466 e. The van der Waals surface area contributed by atoms with E-state index in [1.54, 1.807) is 0 Å². The third-order valence-electron chi connectivity index (χ3n) is 2.17. The molecule has 0 aliphatic heterocycles. The van der Waals surface area contributed by atoms with E-state index in [2.05, 4.69) is 27.7 Å². The zero-order valence-corrected chi connectivity index (χ0v) is 9.47. The zero-order chi connectivity index (χ0) is 10.6. The summed E-state index contributed by atoms with van der Waals surface area (Å²) in [6.45, 7) is 10.2. The fraction of sp³-hybridized carbons (Fsp3) is 0.727. The van der Waals surface area contributed by atoms with Crippen LogP contribution in [0.3, 0.4) is 0 Å². The third kappa shape index (κ3) is 3.21. The number of esters is 1. The van der Waals surface area contributed by atoms with Crippen molar-refractivity contribution < 1.29 is 9.53 Å². The number of hydrogen-bond donors (Lipinski definition) is 0. The maximum Gasteiger partial charge on any atom is 0.333 e. The molecule has 0 unspecified atom stereocenters. The molecule has 76 valence electrons. The summed E-state index contributed by atoms with van der Waals surface area (Å²) in [7, 11) is 1.42. The molecule has 2 nitrogen and oxygen atoms in total. The number of allylic oxidation sites excluding steroid dienone is 1. The molecular formula is C11H20O2. The van der Waals surface area contributed by atoms with E-state index in [0.29, 0.717) is 11.8 Å². The number of carbonyl (C=O) groups excluding carboxylic acids is 1. The summed E-state index contributed by atoms with van der Waals surface area (Å²) in [5, 5.41) is 0. The van der Waals surface area contributed by atoms with Crippen LogP contribution < -0.4 is 0 Å². The van der Waals surface area contributed by atoms with Gasteiger partial charge in [-0.3, -0.25) is 0 Å². The molecule has 0 atom stereocenters. The lowest BCUT2D eigenvalue weighted by Gasteiger charge is -2.18. The van der Waals surface area contributed by atoms with Gasteiger partial charge in [0.15, 0.2) is 0 Å². The van der Waals surface area contributed by atoms with Crippen LogP contribution in [0, 0.1) is 11.8 Å². The first-order chi connectivity index (χ1) is 5.91. The molecule has 0 spiro atoms. The number of hydrogen-bond acceptors (Lipinski definition) is 2. The summed E-state index contributed by atoms with van der Waals surface area (Å²) in [4.78, 5) is 11.3. The average molecular weight is 184 g/mol. The molecule has 0 aromatic carbocycles. The Morgan fingerprint density at radius 3 is 1.69 bits per heavy atom. The lowest BCUT2D eigenvalue weighted by molar-refractivity contribution is -0.136. The Bertz CT molecular complexity index is 202. The van der Waals surface area contributed by atoms with Crippen molar-refractivity contribution in [2.24, 2.45) is 11.8 Å². The van der Waals surface area contributed by atoms with Crippen molar-refractivity contribution in [1.82, 2.24) is 0 Å². The summed E-state index contributed by atoms with van der Waals surface area (Å²) in [5.41, 5.74) is 1.94. The summed E-state index contributed by atoms with van der Waals surface area (Å²) in [6, 6.07) is 0. The van der Waals surface area contributed by atoms with E-state index in [9.17, 15) is 4.79 Å². The van der Waals surface area contributed by atoms with Gasteiger partial charge in [0.05, 0.1) is 7.11 Å². The Labute approximate surface area is 81.0 Å². The summed E-state index contributed by atoms with van der Waals surface area (Å²) >= 11 is 0. The van der Waals surface area contributed by atoms with Gasteiger partial charge in [0.1, 0.15) is 0 Å². The summed E-state index contributed by atoms with van der Waals surface area (Å²) in [6.07, 6.45) is 0. The van der Waals surface area contributed by atoms with Crippen molar-refractivity contribution in [3.8, 4) is 0 Å². The molecule has 0 heterocycles. The van der Waals surface area contributed by atoms with Crippen molar-refractivity contribution in [2.75, 3.05) is 7.11 Å². The highest BCUT2D eigenvalue weighted by atomic mass is 16.5. The van der Waals surface area contributed by atoms with Crippen LogP contribution in [0.5, 0.6) is 0 Å². The van der Waals surface area contributed by atoms with Gasteiger partial charge >= 0.3 is 5.97 Å². The van der Waals surface area contributed by atoms with Gasteiger partial charge < -0.3 is 4.74 Å². The van der Waals surface area contributed by atoms with Crippen molar-refractivity contribution in [2.45, 2.75) is 34.6 Å². The van der Waals surface area contributed by atoms with E-state index in [1.807, 2.05) is 6.92 Å². The maximum absolute atomic E-state index is 11.3. The minimum atomic E-state index is -0.211. The Balaban J connectivity index is 4.97. The van der Waals surface area contributed by atoms with Crippen LogP contribution in [0.4, 0.5) is 0 Å². The quantitative estimate of drug-likeness (QED) is 0.498. The first kappa shape index (κ1) is 12.2. The SMILES string of the molecule is COC(=O)C(C)=C(C(C)C)C(C)C. The molecule has 0 N–H and O–H groups in total. The fourth-order valence-electron chi connectivity index (χ4n) is 1.80. The van der Waals surface area contributed by atoms with E-state index in [4.69, 9.17) is 4.74 Å². The number of ether oxygens (including phenoxy) is 1. The Kier molecular flexibility index (Phi) is 4.74. The van der Waals surface area contributed by atoms with Gasteiger partial charge in [-0.1, -0.05) is 33.3 Å². The predicted molar refractivity (Wildman–Crippen MR) is 54.4 cm³/mol. The largest absolute Gasteiger partial charge is 0.466 e. The van der Waals surface area contributed by atoms with Crippen LogP contribution in [-0.4, -0.2) is 13.1 Å². The standard InChI is InChI=1S/C11H20O2/c1-7(2)10(8(3)4)9(5)11(12)13-6/h7-8H,1-6H3. The van der Waals surface area contributed by atoms with Gasteiger partial charge in [-0.05, 0) is 18.8 Å². The molecule has 0 aromatic heterocycles. The van der Waals surface area contributed by atoms with Crippen LogP contribution in [0.1, 0.15) is 34.6 Å². The van der Waals surface area contributed by atoms with Gasteiger partial charge in [-0.25, -0.2) is 4.79 Å². The molecule has 0 rings (SSSR count). The molecule has 0 aliphatic rings. The first-order valence-corrected chi connectivity index (χ1v) is 4.70. The molecule has 0 saturated carbocycles. The van der Waals surface area contributed by atoms with Crippen LogP contribution in [0.15, 0.2) is 11.1 Å². The second kappa shape index (κ2) is 5.05. The summed E-state index contributed by atoms with van der Waals surface area (Å²) in [5.74, 6) is 0.593. The minimum absolute atomic E-state index is 0.211. The predicted octanol–water partition coefficient (Wildman–Crippen LogP) is 2.79. The highest BCUT2D eigenvalue weighted by molar-refractivity contribution is 5.88. The second-order valence-corrected chi connectivity index (χ2v) is 3.88.